The molecule has 1 saturated heterocycles. The Balaban J connectivity index is 2.01. The van der Waals surface area contributed by atoms with Crippen molar-refractivity contribution in [1.29, 1.82) is 5.26 Å². The van der Waals surface area contributed by atoms with Crippen LogP contribution in [0, 0.1) is 11.3 Å². The van der Waals surface area contributed by atoms with Crippen molar-refractivity contribution in [3.8, 4) is 6.07 Å². The normalized spacial score (nSPS) is 20.7. The number of benzene rings is 1. The van der Waals surface area contributed by atoms with Gasteiger partial charge in [-0.05, 0) is 18.1 Å². The topological polar surface area (TPSA) is 90.3 Å². The number of imide groups is 1. The first-order valence-electron chi connectivity index (χ1n) is 7.02. The Kier molecular flexibility index (Phi) is 3.55. The standard InChI is InChI=1S/C15H10F3N3O3/c16-15(17,18)9-2-1-7-6-21(14(24)12(7)8(9)5-19)10-3-4-11(22)20-13(10)23/h1-2,10H,3-4,6H2,(H,20,22,23). The van der Waals surface area contributed by atoms with E-state index < -0.39 is 41.1 Å². The van der Waals surface area contributed by atoms with Gasteiger partial charge in [-0.15, -0.1) is 0 Å². The largest absolute Gasteiger partial charge is 0.417 e. The molecule has 0 radical (unpaired) electrons. The number of nitrogens with zero attached hydrogens (tertiary/aromatic N) is 2. The number of alkyl halides is 3. The van der Waals surface area contributed by atoms with Crippen molar-refractivity contribution >= 4 is 17.7 Å². The van der Waals surface area contributed by atoms with Gasteiger partial charge in [0.25, 0.3) is 5.91 Å². The van der Waals surface area contributed by atoms with Crippen LogP contribution in [0.1, 0.15) is 39.9 Å². The molecule has 1 N–H and O–H groups in total. The molecule has 0 aliphatic carbocycles. The Morgan fingerprint density at radius 1 is 1.25 bits per heavy atom. The highest BCUT2D eigenvalue weighted by molar-refractivity contribution is 6.06. The Morgan fingerprint density at radius 3 is 2.54 bits per heavy atom. The molecule has 1 fully saturated rings. The van der Waals surface area contributed by atoms with Gasteiger partial charge < -0.3 is 4.90 Å². The summed E-state index contributed by atoms with van der Waals surface area (Å²) in [7, 11) is 0. The summed E-state index contributed by atoms with van der Waals surface area (Å²) in [6, 6.07) is 2.42. The Labute approximate surface area is 133 Å². The van der Waals surface area contributed by atoms with Crippen LogP contribution in [-0.4, -0.2) is 28.7 Å². The predicted molar refractivity (Wildman–Crippen MR) is 72.2 cm³/mol. The van der Waals surface area contributed by atoms with Gasteiger partial charge in [0.2, 0.25) is 11.8 Å². The van der Waals surface area contributed by atoms with Crippen LogP contribution in [0.4, 0.5) is 13.2 Å². The van der Waals surface area contributed by atoms with E-state index in [0.29, 0.717) is 0 Å². The molecule has 6 nitrogen and oxygen atoms in total. The molecule has 0 spiro atoms. The van der Waals surface area contributed by atoms with Crippen LogP contribution in [-0.2, 0) is 22.3 Å². The summed E-state index contributed by atoms with van der Waals surface area (Å²) >= 11 is 0. The van der Waals surface area contributed by atoms with Gasteiger partial charge in [0.1, 0.15) is 12.1 Å². The zero-order valence-corrected chi connectivity index (χ0v) is 12.1. The number of amides is 3. The minimum absolute atomic E-state index is 0.0371. The lowest BCUT2D eigenvalue weighted by Crippen LogP contribution is -2.52. The van der Waals surface area contributed by atoms with E-state index in [4.69, 9.17) is 5.26 Å². The Morgan fingerprint density at radius 2 is 1.96 bits per heavy atom. The summed E-state index contributed by atoms with van der Waals surface area (Å²) in [6.45, 7) is -0.0761. The molecule has 9 heteroatoms. The molecule has 3 amide bonds. The highest BCUT2D eigenvalue weighted by Crippen LogP contribution is 2.37. The molecule has 1 aromatic carbocycles. The van der Waals surface area contributed by atoms with Crippen molar-refractivity contribution in [2.45, 2.75) is 31.6 Å². The second kappa shape index (κ2) is 5.33. The maximum atomic E-state index is 13.0. The van der Waals surface area contributed by atoms with Gasteiger partial charge in [-0.2, -0.15) is 18.4 Å². The average molecular weight is 337 g/mol. The molecular weight excluding hydrogens is 327 g/mol. The van der Waals surface area contributed by atoms with Crippen LogP contribution < -0.4 is 5.32 Å². The summed E-state index contributed by atoms with van der Waals surface area (Å²) < 4.78 is 39.0. The first-order chi connectivity index (χ1) is 11.2. The highest BCUT2D eigenvalue weighted by Gasteiger charge is 2.43. The van der Waals surface area contributed by atoms with Crippen molar-refractivity contribution in [2.24, 2.45) is 0 Å². The lowest BCUT2D eigenvalue weighted by molar-refractivity contribution is -0.138. The van der Waals surface area contributed by atoms with Crippen LogP contribution in [0.15, 0.2) is 12.1 Å². The smallest absolute Gasteiger partial charge is 0.322 e. The molecule has 2 aliphatic heterocycles. The maximum absolute atomic E-state index is 13.0. The van der Waals surface area contributed by atoms with E-state index in [9.17, 15) is 27.6 Å². The highest BCUT2D eigenvalue weighted by atomic mass is 19.4. The second-order valence-corrected chi connectivity index (χ2v) is 5.53. The van der Waals surface area contributed by atoms with Crippen molar-refractivity contribution in [3.05, 3.63) is 34.4 Å². The third-order valence-corrected chi connectivity index (χ3v) is 4.11. The fourth-order valence-electron chi connectivity index (χ4n) is 3.00. The van der Waals surface area contributed by atoms with E-state index in [0.717, 1.165) is 17.0 Å². The van der Waals surface area contributed by atoms with Crippen LogP contribution in [0.2, 0.25) is 0 Å². The summed E-state index contributed by atoms with van der Waals surface area (Å²) in [6.07, 6.45) is -4.63. The van der Waals surface area contributed by atoms with E-state index in [1.807, 2.05) is 0 Å². The number of nitrogens with one attached hydrogen (secondary N) is 1. The third kappa shape index (κ3) is 2.40. The molecule has 0 saturated carbocycles. The Bertz CT molecular complexity index is 811. The molecule has 1 unspecified atom stereocenters. The summed E-state index contributed by atoms with van der Waals surface area (Å²) in [5.74, 6) is -1.93. The lowest BCUT2D eigenvalue weighted by atomic mass is 9.98. The summed E-state index contributed by atoms with van der Waals surface area (Å²) in [4.78, 5) is 36.7. The molecule has 2 aliphatic rings. The maximum Gasteiger partial charge on any atom is 0.417 e. The molecule has 3 rings (SSSR count). The van der Waals surface area contributed by atoms with Gasteiger partial charge in [0, 0.05) is 13.0 Å². The number of piperidine rings is 1. The predicted octanol–water partition coefficient (Wildman–Crippen LogP) is 1.34. The van der Waals surface area contributed by atoms with Crippen molar-refractivity contribution < 1.29 is 27.6 Å². The number of rotatable bonds is 1. The van der Waals surface area contributed by atoms with Gasteiger partial charge in [-0.25, -0.2) is 0 Å². The van der Waals surface area contributed by atoms with Gasteiger partial charge in [0.15, 0.2) is 0 Å². The molecule has 124 valence electrons. The molecule has 1 aromatic rings. The first kappa shape index (κ1) is 16.0. The molecule has 24 heavy (non-hydrogen) atoms. The monoisotopic (exact) mass is 337 g/mol. The van der Waals surface area contributed by atoms with E-state index in [1.54, 1.807) is 0 Å². The van der Waals surface area contributed by atoms with E-state index in [2.05, 4.69) is 5.32 Å². The van der Waals surface area contributed by atoms with Crippen LogP contribution in [0.5, 0.6) is 0 Å². The number of hydrogen-bond acceptors (Lipinski definition) is 4. The second-order valence-electron chi connectivity index (χ2n) is 5.53. The van der Waals surface area contributed by atoms with Crippen LogP contribution >= 0.6 is 0 Å². The number of carbonyl (C=O) groups is 3. The van der Waals surface area contributed by atoms with E-state index in [1.165, 1.54) is 6.07 Å². The van der Waals surface area contributed by atoms with Gasteiger partial charge in [-0.1, -0.05) is 6.07 Å². The SMILES string of the molecule is N#Cc1c(C(F)(F)F)ccc2c1C(=O)N(C1CCC(=O)NC1=O)C2. The van der Waals surface area contributed by atoms with Gasteiger partial charge in [-0.3, -0.25) is 19.7 Å². The van der Waals surface area contributed by atoms with Crippen molar-refractivity contribution in [2.75, 3.05) is 0 Å². The molecular formula is C15H10F3N3O3. The number of carbonyl (C=O) groups excluding carboxylic acids is 3. The van der Waals surface area contributed by atoms with Crippen LogP contribution in [0.25, 0.3) is 0 Å². The number of fused-ring (bicyclic) bond motifs is 1. The van der Waals surface area contributed by atoms with Crippen molar-refractivity contribution in [1.82, 2.24) is 10.2 Å². The fraction of sp³-hybridized carbons (Fsp3) is 0.333. The number of hydrogen-bond donors (Lipinski definition) is 1. The number of nitriles is 1. The minimum Gasteiger partial charge on any atom is -0.322 e. The van der Waals surface area contributed by atoms with Crippen LogP contribution in [0.3, 0.4) is 0 Å². The van der Waals surface area contributed by atoms with E-state index in [-0.39, 0.29) is 30.5 Å². The Hall–Kier alpha value is -2.89. The fourth-order valence-corrected chi connectivity index (χ4v) is 3.00. The first-order valence-corrected chi connectivity index (χ1v) is 7.02. The number of halogens is 3. The molecule has 1 atom stereocenters. The van der Waals surface area contributed by atoms with Gasteiger partial charge in [0.05, 0.1) is 16.7 Å². The molecule has 2 heterocycles. The zero-order valence-electron chi connectivity index (χ0n) is 12.1. The quantitative estimate of drug-likeness (QED) is 0.783. The third-order valence-electron chi connectivity index (χ3n) is 4.11. The molecule has 0 aromatic heterocycles. The summed E-state index contributed by atoms with van der Waals surface area (Å²) in [5.41, 5.74) is -1.98. The van der Waals surface area contributed by atoms with Crippen molar-refractivity contribution in [3.63, 3.8) is 0 Å². The van der Waals surface area contributed by atoms with E-state index >= 15 is 0 Å². The minimum atomic E-state index is -4.76. The average Bonchev–Trinajstić information content (AvgIpc) is 2.82. The lowest BCUT2D eigenvalue weighted by Gasteiger charge is -2.29. The molecule has 0 bridgehead atoms. The van der Waals surface area contributed by atoms with Gasteiger partial charge >= 0.3 is 6.18 Å². The summed E-state index contributed by atoms with van der Waals surface area (Å²) in [5, 5.41) is 11.2. The zero-order chi connectivity index (χ0) is 17.6.